The molecule has 1 spiro atoms. The molecule has 2 nitrogen and oxygen atoms in total. The molecule has 1 aliphatic heterocycles. The van der Waals surface area contributed by atoms with Gasteiger partial charge in [0.05, 0.1) is 0 Å². The van der Waals surface area contributed by atoms with E-state index in [1.165, 1.54) is 48.4 Å². The number of piperazine rings is 1. The highest BCUT2D eigenvalue weighted by Gasteiger charge is 2.40. The highest BCUT2D eigenvalue weighted by atomic mass is 32.1. The Morgan fingerprint density at radius 3 is 2.70 bits per heavy atom. The second kappa shape index (κ2) is 5.78. The summed E-state index contributed by atoms with van der Waals surface area (Å²) >= 11 is 1.96. The van der Waals surface area contributed by atoms with Crippen LogP contribution in [0.5, 0.6) is 0 Å². The molecule has 3 heteroatoms. The Balaban J connectivity index is 1.76. The molecule has 112 valence electrons. The van der Waals surface area contributed by atoms with Crippen LogP contribution in [0.3, 0.4) is 0 Å². The van der Waals surface area contributed by atoms with E-state index in [9.17, 15) is 0 Å². The van der Waals surface area contributed by atoms with E-state index in [1.54, 1.807) is 0 Å². The first kappa shape index (κ1) is 14.6. The minimum absolute atomic E-state index is 0.408. The van der Waals surface area contributed by atoms with Crippen LogP contribution in [0.25, 0.3) is 0 Å². The third kappa shape index (κ3) is 2.81. The summed E-state index contributed by atoms with van der Waals surface area (Å²) in [6.07, 6.45) is 6.97. The van der Waals surface area contributed by atoms with Gasteiger partial charge >= 0.3 is 0 Å². The molecular formula is C17H28N2S. The van der Waals surface area contributed by atoms with Crippen molar-refractivity contribution < 1.29 is 0 Å². The van der Waals surface area contributed by atoms with E-state index in [2.05, 4.69) is 43.1 Å². The van der Waals surface area contributed by atoms with Gasteiger partial charge in [-0.2, -0.15) is 0 Å². The van der Waals surface area contributed by atoms with E-state index >= 15 is 0 Å². The molecule has 2 atom stereocenters. The van der Waals surface area contributed by atoms with Crippen molar-refractivity contribution in [2.45, 2.75) is 70.5 Å². The van der Waals surface area contributed by atoms with Gasteiger partial charge in [0, 0.05) is 40.5 Å². The molecule has 3 rings (SSSR count). The summed E-state index contributed by atoms with van der Waals surface area (Å²) in [5, 5.41) is 3.89. The SMILES string of the molecule is Cc1ccc(C(C)N2CC3(CCCCC3)NCC2C)s1. The summed E-state index contributed by atoms with van der Waals surface area (Å²) in [4.78, 5) is 5.71. The van der Waals surface area contributed by atoms with Crippen molar-refractivity contribution in [3.05, 3.63) is 21.9 Å². The van der Waals surface area contributed by atoms with E-state index in [0.717, 1.165) is 6.54 Å². The monoisotopic (exact) mass is 292 g/mol. The van der Waals surface area contributed by atoms with Gasteiger partial charge in [0.2, 0.25) is 0 Å². The molecule has 1 aliphatic carbocycles. The fraction of sp³-hybridized carbons (Fsp3) is 0.765. The van der Waals surface area contributed by atoms with Crippen LogP contribution >= 0.6 is 11.3 Å². The second-order valence-electron chi connectivity index (χ2n) is 6.87. The fourth-order valence-corrected chi connectivity index (χ4v) is 4.92. The lowest BCUT2D eigenvalue weighted by Crippen LogP contribution is -2.64. The minimum atomic E-state index is 0.408. The number of rotatable bonds is 2. The number of thiophene rings is 1. The van der Waals surface area contributed by atoms with Gasteiger partial charge < -0.3 is 5.32 Å². The molecule has 1 aromatic rings. The first-order valence-corrected chi connectivity index (χ1v) is 8.98. The van der Waals surface area contributed by atoms with E-state index in [-0.39, 0.29) is 0 Å². The van der Waals surface area contributed by atoms with Gasteiger partial charge in [0.1, 0.15) is 0 Å². The maximum atomic E-state index is 3.89. The van der Waals surface area contributed by atoms with Crippen molar-refractivity contribution in [2.75, 3.05) is 13.1 Å². The first-order chi connectivity index (χ1) is 9.60. The maximum Gasteiger partial charge on any atom is 0.0417 e. The molecule has 1 aromatic heterocycles. The van der Waals surface area contributed by atoms with Gasteiger partial charge in [-0.25, -0.2) is 0 Å². The zero-order chi connectivity index (χ0) is 14.2. The smallest absolute Gasteiger partial charge is 0.0417 e. The van der Waals surface area contributed by atoms with Crippen LogP contribution in [0.15, 0.2) is 12.1 Å². The fourth-order valence-electron chi connectivity index (χ4n) is 3.97. The average molecular weight is 292 g/mol. The summed E-state index contributed by atoms with van der Waals surface area (Å²) in [6, 6.07) is 5.79. The number of aryl methyl sites for hydroxylation is 1. The van der Waals surface area contributed by atoms with Crippen LogP contribution in [-0.2, 0) is 0 Å². The Morgan fingerprint density at radius 1 is 1.30 bits per heavy atom. The Bertz CT molecular complexity index is 448. The van der Waals surface area contributed by atoms with Crippen molar-refractivity contribution in [2.24, 2.45) is 0 Å². The van der Waals surface area contributed by atoms with E-state index in [1.807, 2.05) is 11.3 Å². The summed E-state index contributed by atoms with van der Waals surface area (Å²) in [5.41, 5.74) is 0.408. The van der Waals surface area contributed by atoms with Gasteiger partial charge in [0.15, 0.2) is 0 Å². The van der Waals surface area contributed by atoms with E-state index < -0.39 is 0 Å². The lowest BCUT2D eigenvalue weighted by atomic mass is 9.79. The third-order valence-electron chi connectivity index (χ3n) is 5.30. The molecular weight excluding hydrogens is 264 g/mol. The molecule has 0 radical (unpaired) electrons. The lowest BCUT2D eigenvalue weighted by Gasteiger charge is -2.50. The van der Waals surface area contributed by atoms with Crippen molar-refractivity contribution >= 4 is 11.3 Å². The predicted octanol–water partition coefficient (Wildman–Crippen LogP) is 4.11. The summed E-state index contributed by atoms with van der Waals surface area (Å²) < 4.78 is 0. The van der Waals surface area contributed by atoms with Crippen molar-refractivity contribution in [3.63, 3.8) is 0 Å². The van der Waals surface area contributed by atoms with Gasteiger partial charge in [-0.3, -0.25) is 4.90 Å². The van der Waals surface area contributed by atoms with E-state index in [0.29, 0.717) is 17.6 Å². The van der Waals surface area contributed by atoms with Gasteiger partial charge in [-0.15, -0.1) is 11.3 Å². The molecule has 2 fully saturated rings. The molecule has 2 unspecified atom stereocenters. The largest absolute Gasteiger partial charge is 0.308 e. The van der Waals surface area contributed by atoms with Gasteiger partial charge in [-0.05, 0) is 45.7 Å². The highest BCUT2D eigenvalue weighted by Crippen LogP contribution is 2.36. The molecule has 0 amide bonds. The van der Waals surface area contributed by atoms with Crippen LogP contribution in [-0.4, -0.2) is 29.6 Å². The summed E-state index contributed by atoms with van der Waals surface area (Å²) in [7, 11) is 0. The zero-order valence-corrected chi connectivity index (χ0v) is 13.9. The maximum absolute atomic E-state index is 3.89. The molecule has 0 bridgehead atoms. The van der Waals surface area contributed by atoms with Crippen LogP contribution < -0.4 is 5.32 Å². The number of nitrogens with one attached hydrogen (secondary N) is 1. The molecule has 1 N–H and O–H groups in total. The van der Waals surface area contributed by atoms with Crippen LogP contribution in [0, 0.1) is 6.92 Å². The average Bonchev–Trinajstić information content (AvgIpc) is 2.89. The Hall–Kier alpha value is -0.380. The van der Waals surface area contributed by atoms with Gasteiger partial charge in [-0.1, -0.05) is 19.3 Å². The molecule has 2 aliphatic rings. The summed E-state index contributed by atoms with van der Waals surface area (Å²) in [6.45, 7) is 9.36. The normalized spacial score (nSPS) is 28.6. The zero-order valence-electron chi connectivity index (χ0n) is 13.1. The quantitative estimate of drug-likeness (QED) is 0.882. The molecule has 20 heavy (non-hydrogen) atoms. The van der Waals surface area contributed by atoms with Crippen LogP contribution in [0.4, 0.5) is 0 Å². The second-order valence-corrected chi connectivity index (χ2v) is 8.19. The van der Waals surface area contributed by atoms with Crippen molar-refractivity contribution in [1.82, 2.24) is 10.2 Å². The molecule has 1 saturated carbocycles. The predicted molar refractivity (Wildman–Crippen MR) is 87.5 cm³/mol. The Morgan fingerprint density at radius 2 is 2.05 bits per heavy atom. The molecule has 2 heterocycles. The van der Waals surface area contributed by atoms with E-state index in [4.69, 9.17) is 0 Å². The summed E-state index contributed by atoms with van der Waals surface area (Å²) in [5.74, 6) is 0. The highest BCUT2D eigenvalue weighted by molar-refractivity contribution is 7.12. The topological polar surface area (TPSA) is 15.3 Å². The van der Waals surface area contributed by atoms with Gasteiger partial charge in [0.25, 0.3) is 0 Å². The number of hydrogen-bond donors (Lipinski definition) is 1. The standard InChI is InChI=1S/C17H28N2S/c1-13-11-18-17(9-5-4-6-10-17)12-19(13)15(3)16-8-7-14(2)20-16/h7-8,13,15,18H,4-6,9-12H2,1-3H3. The Labute approximate surface area is 127 Å². The number of nitrogens with zero attached hydrogens (tertiary/aromatic N) is 1. The lowest BCUT2D eigenvalue weighted by molar-refractivity contribution is 0.0365. The Kier molecular flexibility index (Phi) is 4.21. The van der Waals surface area contributed by atoms with Crippen LogP contribution in [0.2, 0.25) is 0 Å². The van der Waals surface area contributed by atoms with Crippen molar-refractivity contribution in [3.8, 4) is 0 Å². The van der Waals surface area contributed by atoms with Crippen molar-refractivity contribution in [1.29, 1.82) is 0 Å². The van der Waals surface area contributed by atoms with Crippen LogP contribution in [0.1, 0.15) is 61.7 Å². The third-order valence-corrected chi connectivity index (χ3v) is 6.48. The number of hydrogen-bond acceptors (Lipinski definition) is 3. The first-order valence-electron chi connectivity index (χ1n) is 8.17. The molecule has 0 aromatic carbocycles. The minimum Gasteiger partial charge on any atom is -0.308 e. The molecule has 1 saturated heterocycles.